The van der Waals surface area contributed by atoms with Gasteiger partial charge in [0.25, 0.3) is 5.56 Å². The third kappa shape index (κ3) is 4.18. The number of anilines is 1. The second-order valence-electron chi connectivity index (χ2n) is 5.47. The van der Waals surface area contributed by atoms with Crippen LogP contribution in [0.5, 0.6) is 0 Å². The number of thioether (sulfide) groups is 1. The zero-order chi connectivity index (χ0) is 18.5. The normalized spacial score (nSPS) is 10.5. The SMILES string of the molecule is CSc1nc(-c2ccccc2)cc(=O)n1CC(=O)Nc1ccc(F)cc1. The van der Waals surface area contributed by atoms with E-state index in [4.69, 9.17) is 0 Å². The number of halogens is 1. The fourth-order valence-corrected chi connectivity index (χ4v) is 2.98. The van der Waals surface area contributed by atoms with E-state index in [0.29, 0.717) is 16.5 Å². The fraction of sp³-hybridized carbons (Fsp3) is 0.105. The third-order valence-electron chi connectivity index (χ3n) is 3.66. The molecule has 0 saturated carbocycles. The Labute approximate surface area is 153 Å². The van der Waals surface area contributed by atoms with Crippen molar-refractivity contribution in [2.45, 2.75) is 11.7 Å². The second-order valence-corrected chi connectivity index (χ2v) is 6.25. The third-order valence-corrected chi connectivity index (χ3v) is 4.33. The van der Waals surface area contributed by atoms with E-state index in [0.717, 1.165) is 5.56 Å². The maximum absolute atomic E-state index is 12.9. The first kappa shape index (κ1) is 17.9. The lowest BCUT2D eigenvalue weighted by molar-refractivity contribution is -0.116. The van der Waals surface area contributed by atoms with Crippen LogP contribution in [-0.2, 0) is 11.3 Å². The summed E-state index contributed by atoms with van der Waals surface area (Å²) in [6, 6.07) is 16.2. The van der Waals surface area contributed by atoms with E-state index in [1.54, 1.807) is 6.26 Å². The summed E-state index contributed by atoms with van der Waals surface area (Å²) in [6.45, 7) is -0.172. The minimum atomic E-state index is -0.386. The number of amides is 1. The van der Waals surface area contributed by atoms with Gasteiger partial charge in [-0.25, -0.2) is 9.37 Å². The van der Waals surface area contributed by atoms with Crippen molar-refractivity contribution < 1.29 is 9.18 Å². The molecule has 5 nitrogen and oxygen atoms in total. The van der Waals surface area contributed by atoms with E-state index in [2.05, 4.69) is 10.3 Å². The van der Waals surface area contributed by atoms with Gasteiger partial charge in [0.2, 0.25) is 5.91 Å². The first-order chi connectivity index (χ1) is 12.6. The lowest BCUT2D eigenvalue weighted by Gasteiger charge is -2.12. The molecule has 0 bridgehead atoms. The van der Waals surface area contributed by atoms with Crippen LogP contribution in [0.15, 0.2) is 70.6 Å². The lowest BCUT2D eigenvalue weighted by atomic mass is 10.1. The van der Waals surface area contributed by atoms with E-state index in [1.165, 1.54) is 46.7 Å². The number of hydrogen-bond acceptors (Lipinski definition) is 4. The highest BCUT2D eigenvalue weighted by molar-refractivity contribution is 7.98. The predicted octanol–water partition coefficient (Wildman–Crippen LogP) is 3.41. The number of carbonyl (C=O) groups is 1. The van der Waals surface area contributed by atoms with Gasteiger partial charge in [-0.2, -0.15) is 0 Å². The first-order valence-electron chi connectivity index (χ1n) is 7.83. The number of carbonyl (C=O) groups excluding carboxylic acids is 1. The molecule has 0 atom stereocenters. The molecule has 1 aromatic heterocycles. The van der Waals surface area contributed by atoms with Gasteiger partial charge in [0.15, 0.2) is 5.16 Å². The zero-order valence-electron chi connectivity index (χ0n) is 14.0. The lowest BCUT2D eigenvalue weighted by Crippen LogP contribution is -2.29. The predicted molar refractivity (Wildman–Crippen MR) is 101 cm³/mol. The molecular weight excluding hydrogens is 353 g/mol. The molecule has 1 heterocycles. The van der Waals surface area contributed by atoms with Crippen molar-refractivity contribution in [2.75, 3.05) is 11.6 Å². The summed E-state index contributed by atoms with van der Waals surface area (Å²) in [7, 11) is 0. The number of nitrogens with one attached hydrogen (secondary N) is 1. The average Bonchev–Trinajstić information content (AvgIpc) is 2.65. The quantitative estimate of drug-likeness (QED) is 0.553. The van der Waals surface area contributed by atoms with E-state index < -0.39 is 0 Å². The van der Waals surface area contributed by atoms with Gasteiger partial charge in [0, 0.05) is 17.3 Å². The van der Waals surface area contributed by atoms with E-state index in [1.807, 2.05) is 30.3 Å². The maximum Gasteiger partial charge on any atom is 0.255 e. The van der Waals surface area contributed by atoms with Gasteiger partial charge in [-0.05, 0) is 30.5 Å². The first-order valence-corrected chi connectivity index (χ1v) is 9.06. The minimum Gasteiger partial charge on any atom is -0.325 e. The Balaban J connectivity index is 1.84. The second kappa shape index (κ2) is 7.97. The van der Waals surface area contributed by atoms with Crippen LogP contribution in [0.4, 0.5) is 10.1 Å². The summed E-state index contributed by atoms with van der Waals surface area (Å²) in [5, 5.41) is 3.09. The summed E-state index contributed by atoms with van der Waals surface area (Å²) in [6.07, 6.45) is 1.80. The summed E-state index contributed by atoms with van der Waals surface area (Å²) in [4.78, 5) is 29.2. The van der Waals surface area contributed by atoms with Crippen LogP contribution < -0.4 is 10.9 Å². The van der Waals surface area contributed by atoms with Crippen LogP contribution in [0.3, 0.4) is 0 Å². The molecular formula is C19H16FN3O2S. The topological polar surface area (TPSA) is 64.0 Å². The molecule has 3 rings (SSSR count). The highest BCUT2D eigenvalue weighted by Crippen LogP contribution is 2.19. The van der Waals surface area contributed by atoms with Crippen LogP contribution in [0.25, 0.3) is 11.3 Å². The molecule has 1 amide bonds. The molecule has 0 unspecified atom stereocenters. The standard InChI is InChI=1S/C19H16FN3O2S/c1-26-19-22-16(13-5-3-2-4-6-13)11-18(25)23(19)12-17(24)21-15-9-7-14(20)8-10-15/h2-11H,12H2,1H3,(H,21,24). The summed E-state index contributed by atoms with van der Waals surface area (Å²) in [5.41, 5.74) is 1.56. The number of rotatable bonds is 5. The molecule has 1 N–H and O–H groups in total. The van der Waals surface area contributed by atoms with Crippen LogP contribution in [0.2, 0.25) is 0 Å². The molecule has 0 aliphatic rings. The van der Waals surface area contributed by atoms with Gasteiger partial charge >= 0.3 is 0 Å². The molecule has 132 valence electrons. The number of benzene rings is 2. The highest BCUT2D eigenvalue weighted by atomic mass is 32.2. The van der Waals surface area contributed by atoms with Crippen molar-refractivity contribution in [3.8, 4) is 11.3 Å². The van der Waals surface area contributed by atoms with Crippen LogP contribution in [-0.4, -0.2) is 21.7 Å². The Morgan fingerprint density at radius 3 is 2.50 bits per heavy atom. The Bertz CT molecular complexity index is 972. The molecule has 0 fully saturated rings. The Morgan fingerprint density at radius 2 is 1.85 bits per heavy atom. The van der Waals surface area contributed by atoms with Gasteiger partial charge in [-0.3, -0.25) is 14.2 Å². The number of hydrogen-bond donors (Lipinski definition) is 1. The summed E-state index contributed by atoms with van der Waals surface area (Å²) in [5.74, 6) is -0.771. The van der Waals surface area contributed by atoms with Crippen molar-refractivity contribution in [1.82, 2.24) is 9.55 Å². The van der Waals surface area contributed by atoms with Crippen molar-refractivity contribution in [2.24, 2.45) is 0 Å². The van der Waals surface area contributed by atoms with Gasteiger partial charge in [-0.1, -0.05) is 42.1 Å². The van der Waals surface area contributed by atoms with Crippen LogP contribution >= 0.6 is 11.8 Å². The van der Waals surface area contributed by atoms with Crippen molar-refractivity contribution in [1.29, 1.82) is 0 Å². The van der Waals surface area contributed by atoms with Crippen molar-refractivity contribution in [3.63, 3.8) is 0 Å². The number of nitrogens with zero attached hydrogens (tertiary/aromatic N) is 2. The zero-order valence-corrected chi connectivity index (χ0v) is 14.8. The molecule has 0 saturated heterocycles. The molecule has 0 spiro atoms. The van der Waals surface area contributed by atoms with Gasteiger partial charge in [0.1, 0.15) is 12.4 Å². The summed E-state index contributed by atoms with van der Waals surface area (Å²) < 4.78 is 14.2. The van der Waals surface area contributed by atoms with Gasteiger partial charge in [-0.15, -0.1) is 0 Å². The smallest absolute Gasteiger partial charge is 0.255 e. The summed E-state index contributed by atoms with van der Waals surface area (Å²) >= 11 is 1.29. The Morgan fingerprint density at radius 1 is 1.15 bits per heavy atom. The Hall–Kier alpha value is -2.93. The Kier molecular flexibility index (Phi) is 5.48. The minimum absolute atomic E-state index is 0.172. The van der Waals surface area contributed by atoms with Crippen LogP contribution in [0.1, 0.15) is 0 Å². The molecule has 26 heavy (non-hydrogen) atoms. The highest BCUT2D eigenvalue weighted by Gasteiger charge is 2.13. The molecule has 2 aromatic carbocycles. The van der Waals surface area contributed by atoms with Gasteiger partial charge in [0.05, 0.1) is 5.69 Å². The average molecular weight is 369 g/mol. The largest absolute Gasteiger partial charge is 0.325 e. The molecule has 0 radical (unpaired) electrons. The fourth-order valence-electron chi connectivity index (χ4n) is 2.42. The van der Waals surface area contributed by atoms with Gasteiger partial charge < -0.3 is 5.32 Å². The van der Waals surface area contributed by atoms with E-state index in [-0.39, 0.29) is 23.8 Å². The van der Waals surface area contributed by atoms with E-state index >= 15 is 0 Å². The van der Waals surface area contributed by atoms with Crippen LogP contribution in [0, 0.1) is 5.82 Å². The maximum atomic E-state index is 12.9. The molecule has 0 aliphatic carbocycles. The number of aromatic nitrogens is 2. The van der Waals surface area contributed by atoms with E-state index in [9.17, 15) is 14.0 Å². The molecule has 7 heteroatoms. The molecule has 0 aliphatic heterocycles. The molecule has 3 aromatic rings. The monoisotopic (exact) mass is 369 g/mol. The van der Waals surface area contributed by atoms with Crippen molar-refractivity contribution in [3.05, 3.63) is 76.8 Å². The van der Waals surface area contributed by atoms with Crippen molar-refractivity contribution >= 4 is 23.4 Å².